The fraction of sp³-hybridized carbons (Fsp3) is 0.333. The summed E-state index contributed by atoms with van der Waals surface area (Å²) < 4.78 is 0. The van der Waals surface area contributed by atoms with Gasteiger partial charge in [-0.3, -0.25) is 14.4 Å². The number of amides is 3. The van der Waals surface area contributed by atoms with Crippen LogP contribution < -0.4 is 21.7 Å². The quantitative estimate of drug-likeness (QED) is 0.152. The lowest BCUT2D eigenvalue weighted by atomic mass is 10.0. The van der Waals surface area contributed by atoms with Gasteiger partial charge in [-0.15, -0.1) is 0 Å². The SMILES string of the molecule is CC(N)C(=O)NC(Cc1ccccc1)C(=O)NC(Cc1cnc[nH]1)C(=O)NC(Cc1cnc[nH]1)C(=O)O. The highest BCUT2D eigenvalue weighted by molar-refractivity contribution is 5.94. The summed E-state index contributed by atoms with van der Waals surface area (Å²) in [4.78, 5) is 64.1. The van der Waals surface area contributed by atoms with E-state index in [-0.39, 0.29) is 19.3 Å². The molecule has 0 aliphatic heterocycles. The smallest absolute Gasteiger partial charge is 0.326 e. The average Bonchev–Trinajstić information content (AvgIpc) is 3.57. The van der Waals surface area contributed by atoms with E-state index in [9.17, 15) is 24.3 Å². The Labute approximate surface area is 212 Å². The summed E-state index contributed by atoms with van der Waals surface area (Å²) in [6.07, 6.45) is 5.90. The molecule has 8 N–H and O–H groups in total. The molecule has 0 radical (unpaired) electrons. The van der Waals surface area contributed by atoms with Crippen LogP contribution in [0.1, 0.15) is 23.9 Å². The van der Waals surface area contributed by atoms with E-state index >= 15 is 0 Å². The van der Waals surface area contributed by atoms with Gasteiger partial charge in [-0.2, -0.15) is 0 Å². The van der Waals surface area contributed by atoms with E-state index in [0.717, 1.165) is 5.56 Å². The molecule has 0 spiro atoms. The molecule has 3 rings (SSSR count). The fourth-order valence-electron chi connectivity index (χ4n) is 3.55. The molecule has 13 nitrogen and oxygen atoms in total. The van der Waals surface area contributed by atoms with Crippen LogP contribution in [-0.4, -0.2) is 72.9 Å². The molecule has 0 saturated carbocycles. The molecule has 4 atom stereocenters. The first-order valence-corrected chi connectivity index (χ1v) is 11.6. The van der Waals surface area contributed by atoms with Gasteiger partial charge in [-0.05, 0) is 12.5 Å². The number of aromatic amines is 2. The summed E-state index contributed by atoms with van der Waals surface area (Å²) in [7, 11) is 0. The number of aliphatic carboxylic acids is 1. The molecule has 0 bridgehead atoms. The highest BCUT2D eigenvalue weighted by Crippen LogP contribution is 2.07. The van der Waals surface area contributed by atoms with Crippen LogP contribution in [0.3, 0.4) is 0 Å². The maximum absolute atomic E-state index is 13.3. The van der Waals surface area contributed by atoms with E-state index in [1.54, 1.807) is 24.3 Å². The highest BCUT2D eigenvalue weighted by atomic mass is 16.4. The monoisotopic (exact) mass is 510 g/mol. The van der Waals surface area contributed by atoms with Crippen molar-refractivity contribution in [3.8, 4) is 0 Å². The number of rotatable bonds is 13. The van der Waals surface area contributed by atoms with Gasteiger partial charge < -0.3 is 36.8 Å². The predicted octanol–water partition coefficient (Wildman–Crippen LogP) is -0.953. The summed E-state index contributed by atoms with van der Waals surface area (Å²) >= 11 is 0. The fourth-order valence-corrected chi connectivity index (χ4v) is 3.55. The summed E-state index contributed by atoms with van der Waals surface area (Å²) in [6, 6.07) is 4.73. The van der Waals surface area contributed by atoms with E-state index < -0.39 is 47.9 Å². The van der Waals surface area contributed by atoms with Gasteiger partial charge in [0, 0.05) is 43.0 Å². The minimum atomic E-state index is -1.27. The number of carboxylic acids is 1. The number of nitrogens with zero attached hydrogens (tertiary/aromatic N) is 2. The molecule has 1 aromatic carbocycles. The standard InChI is InChI=1S/C24H30N8O5/c1-14(25)21(33)30-18(7-15-5-3-2-4-6-15)22(34)31-19(8-16-10-26-12-28-16)23(35)32-20(24(36)37)9-17-11-27-13-29-17/h2-6,10-14,18-20H,7-9,25H2,1H3,(H,26,28)(H,27,29)(H,30,33)(H,31,34)(H,32,35)(H,36,37). The Balaban J connectivity index is 1.79. The van der Waals surface area contributed by atoms with E-state index in [1.807, 2.05) is 6.07 Å². The predicted molar refractivity (Wildman–Crippen MR) is 132 cm³/mol. The number of hydrogen-bond donors (Lipinski definition) is 7. The Hall–Kier alpha value is -4.52. The molecule has 196 valence electrons. The number of carboxylic acid groups (broad SMARTS) is 1. The van der Waals surface area contributed by atoms with E-state index in [1.165, 1.54) is 32.0 Å². The largest absolute Gasteiger partial charge is 0.480 e. The van der Waals surface area contributed by atoms with Crippen molar-refractivity contribution in [3.05, 3.63) is 72.3 Å². The van der Waals surface area contributed by atoms with E-state index in [2.05, 4.69) is 35.9 Å². The van der Waals surface area contributed by atoms with Gasteiger partial charge in [0.2, 0.25) is 17.7 Å². The van der Waals surface area contributed by atoms with Crippen molar-refractivity contribution in [2.75, 3.05) is 0 Å². The second-order valence-electron chi connectivity index (χ2n) is 8.56. The molecule has 0 fully saturated rings. The number of carbonyl (C=O) groups excluding carboxylic acids is 3. The highest BCUT2D eigenvalue weighted by Gasteiger charge is 2.31. The van der Waals surface area contributed by atoms with Gasteiger partial charge in [0.25, 0.3) is 0 Å². The van der Waals surface area contributed by atoms with Crippen LogP contribution in [0.2, 0.25) is 0 Å². The molecular weight excluding hydrogens is 480 g/mol. The lowest BCUT2D eigenvalue weighted by molar-refractivity contribution is -0.142. The maximum Gasteiger partial charge on any atom is 0.326 e. The van der Waals surface area contributed by atoms with E-state index in [0.29, 0.717) is 11.4 Å². The molecule has 0 aliphatic carbocycles. The van der Waals surface area contributed by atoms with Crippen molar-refractivity contribution in [1.29, 1.82) is 0 Å². The summed E-state index contributed by atoms with van der Waals surface area (Å²) in [5, 5.41) is 17.4. The number of hydrogen-bond acceptors (Lipinski definition) is 7. The van der Waals surface area contributed by atoms with Crippen molar-refractivity contribution in [2.24, 2.45) is 5.73 Å². The molecule has 2 aromatic heterocycles. The second-order valence-corrected chi connectivity index (χ2v) is 8.56. The van der Waals surface area contributed by atoms with Gasteiger partial charge in [-0.25, -0.2) is 14.8 Å². The van der Waals surface area contributed by atoms with Crippen molar-refractivity contribution in [1.82, 2.24) is 35.9 Å². The Morgan fingerprint density at radius 1 is 0.811 bits per heavy atom. The number of nitrogens with two attached hydrogens (primary N) is 1. The van der Waals surface area contributed by atoms with Crippen LogP contribution >= 0.6 is 0 Å². The Kier molecular flexibility index (Phi) is 9.49. The van der Waals surface area contributed by atoms with Crippen molar-refractivity contribution in [3.63, 3.8) is 0 Å². The molecule has 13 heteroatoms. The van der Waals surface area contributed by atoms with Crippen LogP contribution in [0.15, 0.2) is 55.4 Å². The number of imidazole rings is 2. The van der Waals surface area contributed by atoms with Crippen molar-refractivity contribution >= 4 is 23.7 Å². The summed E-state index contributed by atoms with van der Waals surface area (Å²) in [6.45, 7) is 1.49. The Morgan fingerprint density at radius 3 is 1.78 bits per heavy atom. The third-order valence-corrected chi connectivity index (χ3v) is 5.53. The third kappa shape index (κ3) is 8.28. The average molecular weight is 511 g/mol. The Morgan fingerprint density at radius 2 is 1.30 bits per heavy atom. The van der Waals surface area contributed by atoms with Gasteiger partial charge >= 0.3 is 5.97 Å². The Bertz CT molecular complexity index is 1170. The molecule has 3 amide bonds. The zero-order chi connectivity index (χ0) is 26.8. The lowest BCUT2D eigenvalue weighted by Gasteiger charge is -2.25. The van der Waals surface area contributed by atoms with Crippen LogP contribution in [0, 0.1) is 0 Å². The number of aromatic nitrogens is 4. The minimum Gasteiger partial charge on any atom is -0.480 e. The summed E-state index contributed by atoms with van der Waals surface area (Å²) in [5.41, 5.74) is 7.52. The van der Waals surface area contributed by atoms with Gasteiger partial charge in [0.1, 0.15) is 18.1 Å². The number of nitrogens with one attached hydrogen (secondary N) is 5. The molecule has 0 aliphatic rings. The molecule has 3 aromatic rings. The van der Waals surface area contributed by atoms with Crippen LogP contribution in [0.5, 0.6) is 0 Å². The number of carbonyl (C=O) groups is 4. The van der Waals surface area contributed by atoms with Gasteiger partial charge in [-0.1, -0.05) is 30.3 Å². The summed E-state index contributed by atoms with van der Waals surface area (Å²) in [5.74, 6) is -3.12. The topological polar surface area (TPSA) is 208 Å². The molecular formula is C24H30N8O5. The zero-order valence-corrected chi connectivity index (χ0v) is 20.2. The maximum atomic E-state index is 13.3. The van der Waals surface area contributed by atoms with Crippen molar-refractivity contribution in [2.45, 2.75) is 50.4 Å². The van der Waals surface area contributed by atoms with E-state index in [4.69, 9.17) is 5.73 Å². The number of H-pyrrole nitrogens is 2. The lowest BCUT2D eigenvalue weighted by Crippen LogP contribution is -2.58. The second kappa shape index (κ2) is 13.0. The third-order valence-electron chi connectivity index (χ3n) is 5.53. The van der Waals surface area contributed by atoms with Crippen LogP contribution in [-0.2, 0) is 38.4 Å². The minimum absolute atomic E-state index is 0.00721. The first-order valence-electron chi connectivity index (χ1n) is 11.6. The molecule has 2 heterocycles. The van der Waals surface area contributed by atoms with Gasteiger partial charge in [0.05, 0.1) is 18.7 Å². The first kappa shape index (κ1) is 27.1. The van der Waals surface area contributed by atoms with Crippen molar-refractivity contribution < 1.29 is 24.3 Å². The van der Waals surface area contributed by atoms with Crippen LogP contribution in [0.25, 0.3) is 0 Å². The molecule has 4 unspecified atom stereocenters. The first-order chi connectivity index (χ1) is 17.7. The number of benzene rings is 1. The molecule has 37 heavy (non-hydrogen) atoms. The normalized spacial score (nSPS) is 14.1. The molecule has 0 saturated heterocycles. The zero-order valence-electron chi connectivity index (χ0n) is 20.2. The van der Waals surface area contributed by atoms with Gasteiger partial charge in [0.15, 0.2) is 0 Å². The van der Waals surface area contributed by atoms with Crippen LogP contribution in [0.4, 0.5) is 0 Å².